The number of aryl methyl sites for hydroxylation is 1. The number of hydrogen-bond acceptors (Lipinski definition) is 2. The fourth-order valence-corrected chi connectivity index (χ4v) is 2.23. The average molecular weight is 355 g/mol. The molecule has 2 rings (SSSR count). The lowest BCUT2D eigenvalue weighted by atomic mass is 10.1. The predicted octanol–water partition coefficient (Wildman–Crippen LogP) is 4.67. The van der Waals surface area contributed by atoms with E-state index in [2.05, 4.69) is 21.2 Å². The molecule has 0 heterocycles. The molecule has 0 fully saturated rings. The highest BCUT2D eigenvalue weighted by atomic mass is 79.9. The molecule has 5 heteroatoms. The number of carbonyl (C=O) groups excluding carboxylic acids is 1. The Morgan fingerprint density at radius 3 is 2.65 bits per heavy atom. The molecule has 0 aliphatic carbocycles. The number of ether oxygens (including phenoxy) is 1. The van der Waals surface area contributed by atoms with Gasteiger partial charge in [-0.3, -0.25) is 4.79 Å². The van der Waals surface area contributed by atoms with Crippen molar-refractivity contribution in [2.45, 2.75) is 6.92 Å². The summed E-state index contributed by atoms with van der Waals surface area (Å²) in [6.07, 6.45) is 0. The molecule has 20 heavy (non-hydrogen) atoms. The van der Waals surface area contributed by atoms with Crippen LogP contribution in [-0.2, 0) is 0 Å². The van der Waals surface area contributed by atoms with E-state index in [0.717, 1.165) is 10.0 Å². The Morgan fingerprint density at radius 2 is 2.00 bits per heavy atom. The fourth-order valence-electron chi connectivity index (χ4n) is 1.74. The van der Waals surface area contributed by atoms with Crippen molar-refractivity contribution in [1.82, 2.24) is 0 Å². The molecular weight excluding hydrogens is 342 g/mol. The zero-order valence-corrected chi connectivity index (χ0v) is 13.4. The van der Waals surface area contributed by atoms with Gasteiger partial charge >= 0.3 is 0 Å². The third-order valence-corrected chi connectivity index (χ3v) is 4.06. The Labute approximate surface area is 131 Å². The summed E-state index contributed by atoms with van der Waals surface area (Å²) in [5.74, 6) is 0.493. The molecule has 0 unspecified atom stereocenters. The van der Waals surface area contributed by atoms with Crippen molar-refractivity contribution < 1.29 is 9.53 Å². The van der Waals surface area contributed by atoms with Crippen molar-refractivity contribution in [2.75, 3.05) is 12.4 Å². The summed E-state index contributed by atoms with van der Waals surface area (Å²) in [7, 11) is 1.58. The summed E-state index contributed by atoms with van der Waals surface area (Å²) in [5, 5.41) is 3.41. The second kappa shape index (κ2) is 6.29. The van der Waals surface area contributed by atoms with Crippen LogP contribution in [0.4, 0.5) is 5.69 Å². The zero-order chi connectivity index (χ0) is 14.7. The van der Waals surface area contributed by atoms with Crippen LogP contribution >= 0.6 is 27.5 Å². The van der Waals surface area contributed by atoms with Crippen LogP contribution in [-0.4, -0.2) is 13.0 Å². The summed E-state index contributed by atoms with van der Waals surface area (Å²) in [4.78, 5) is 12.2. The van der Waals surface area contributed by atoms with Crippen LogP contribution in [0.3, 0.4) is 0 Å². The van der Waals surface area contributed by atoms with Crippen LogP contribution in [0.25, 0.3) is 0 Å². The van der Waals surface area contributed by atoms with Crippen molar-refractivity contribution in [1.29, 1.82) is 0 Å². The van der Waals surface area contributed by atoms with Crippen molar-refractivity contribution in [2.24, 2.45) is 0 Å². The van der Waals surface area contributed by atoms with Gasteiger partial charge in [-0.25, -0.2) is 0 Å². The molecule has 1 amide bonds. The summed E-state index contributed by atoms with van der Waals surface area (Å²) in [6, 6.07) is 10.6. The monoisotopic (exact) mass is 353 g/mol. The maximum Gasteiger partial charge on any atom is 0.255 e. The number of benzene rings is 2. The van der Waals surface area contributed by atoms with E-state index in [4.69, 9.17) is 16.3 Å². The van der Waals surface area contributed by atoms with Crippen LogP contribution < -0.4 is 10.1 Å². The number of anilines is 1. The molecule has 0 atom stereocenters. The van der Waals surface area contributed by atoms with E-state index in [1.807, 2.05) is 13.0 Å². The van der Waals surface area contributed by atoms with Crippen LogP contribution in [0.5, 0.6) is 5.75 Å². The number of nitrogens with one attached hydrogen (secondary N) is 1. The zero-order valence-electron chi connectivity index (χ0n) is 11.0. The van der Waals surface area contributed by atoms with E-state index in [9.17, 15) is 4.79 Å². The Balaban J connectivity index is 2.21. The van der Waals surface area contributed by atoms with Gasteiger partial charge in [-0.2, -0.15) is 0 Å². The van der Waals surface area contributed by atoms with Gasteiger partial charge in [-0.05, 0) is 58.7 Å². The Morgan fingerprint density at radius 1 is 1.25 bits per heavy atom. The Hall–Kier alpha value is -1.52. The van der Waals surface area contributed by atoms with E-state index in [1.54, 1.807) is 37.4 Å². The number of methoxy groups -OCH3 is 1. The topological polar surface area (TPSA) is 38.3 Å². The van der Waals surface area contributed by atoms with Gasteiger partial charge < -0.3 is 10.1 Å². The van der Waals surface area contributed by atoms with Crippen LogP contribution in [0.15, 0.2) is 40.9 Å². The molecule has 3 nitrogen and oxygen atoms in total. The largest absolute Gasteiger partial charge is 0.496 e. The third kappa shape index (κ3) is 3.32. The first kappa shape index (κ1) is 14.9. The van der Waals surface area contributed by atoms with Gasteiger partial charge in [0.2, 0.25) is 0 Å². The van der Waals surface area contributed by atoms with Gasteiger partial charge in [0, 0.05) is 15.7 Å². The average Bonchev–Trinajstić information content (AvgIpc) is 2.43. The number of amides is 1. The third-order valence-electron chi connectivity index (χ3n) is 2.85. The number of halogens is 2. The lowest BCUT2D eigenvalue weighted by Gasteiger charge is -2.09. The lowest BCUT2D eigenvalue weighted by Crippen LogP contribution is -2.12. The first-order chi connectivity index (χ1) is 9.51. The van der Waals surface area contributed by atoms with Gasteiger partial charge in [-0.1, -0.05) is 17.7 Å². The van der Waals surface area contributed by atoms with Gasteiger partial charge in [0.1, 0.15) is 5.75 Å². The maximum absolute atomic E-state index is 12.2. The molecule has 0 radical (unpaired) electrons. The van der Waals surface area contributed by atoms with Crippen molar-refractivity contribution >= 4 is 39.1 Å². The Bertz CT molecular complexity index is 658. The molecular formula is C15H13BrClNO2. The minimum absolute atomic E-state index is 0.197. The molecule has 0 saturated heterocycles. The molecule has 0 bridgehead atoms. The minimum Gasteiger partial charge on any atom is -0.496 e. The normalized spacial score (nSPS) is 10.2. The number of hydrogen-bond donors (Lipinski definition) is 1. The molecule has 104 valence electrons. The second-order valence-electron chi connectivity index (χ2n) is 4.27. The van der Waals surface area contributed by atoms with Gasteiger partial charge in [0.25, 0.3) is 5.91 Å². The molecule has 0 saturated carbocycles. The summed E-state index contributed by atoms with van der Waals surface area (Å²) >= 11 is 9.24. The summed E-state index contributed by atoms with van der Waals surface area (Å²) in [5.41, 5.74) is 2.20. The number of carbonyl (C=O) groups is 1. The van der Waals surface area contributed by atoms with Crippen LogP contribution in [0.1, 0.15) is 15.9 Å². The smallest absolute Gasteiger partial charge is 0.255 e. The van der Waals surface area contributed by atoms with E-state index in [-0.39, 0.29) is 5.91 Å². The van der Waals surface area contributed by atoms with E-state index in [1.165, 1.54) is 0 Å². The van der Waals surface area contributed by atoms with Crippen molar-refractivity contribution in [3.05, 3.63) is 57.0 Å². The molecule has 2 aromatic rings. The molecule has 0 spiro atoms. The molecule has 2 aromatic carbocycles. The summed E-state index contributed by atoms with van der Waals surface area (Å²) < 4.78 is 5.95. The first-order valence-corrected chi connectivity index (χ1v) is 7.09. The molecule has 0 aliphatic heterocycles. The second-order valence-corrected chi connectivity index (χ2v) is 5.53. The lowest BCUT2D eigenvalue weighted by molar-refractivity contribution is 0.102. The van der Waals surface area contributed by atoms with Crippen LogP contribution in [0, 0.1) is 6.92 Å². The van der Waals surface area contributed by atoms with Gasteiger partial charge in [0.05, 0.1) is 12.1 Å². The number of rotatable bonds is 3. The summed E-state index contributed by atoms with van der Waals surface area (Å²) in [6.45, 7) is 1.93. The highest BCUT2D eigenvalue weighted by Crippen LogP contribution is 2.26. The quantitative estimate of drug-likeness (QED) is 0.869. The molecule has 0 aliphatic rings. The van der Waals surface area contributed by atoms with Gasteiger partial charge in [0.15, 0.2) is 0 Å². The minimum atomic E-state index is -0.197. The van der Waals surface area contributed by atoms with Crippen molar-refractivity contribution in [3.63, 3.8) is 0 Å². The van der Waals surface area contributed by atoms with Crippen LogP contribution in [0.2, 0.25) is 5.02 Å². The predicted molar refractivity (Wildman–Crippen MR) is 84.8 cm³/mol. The standard InChI is InChI=1S/C15H13BrClNO2/c1-9-3-4-10(7-14(9)20-2)15(19)18-11-5-6-13(17)12(16)8-11/h3-8H,1-2H3,(H,18,19). The SMILES string of the molecule is COc1cc(C(=O)Nc2ccc(Cl)c(Br)c2)ccc1C. The fraction of sp³-hybridized carbons (Fsp3) is 0.133. The van der Waals surface area contributed by atoms with E-state index < -0.39 is 0 Å². The highest BCUT2D eigenvalue weighted by molar-refractivity contribution is 9.10. The highest BCUT2D eigenvalue weighted by Gasteiger charge is 2.09. The first-order valence-electron chi connectivity index (χ1n) is 5.92. The van der Waals surface area contributed by atoms with E-state index in [0.29, 0.717) is 22.0 Å². The Kier molecular flexibility index (Phi) is 4.68. The maximum atomic E-state index is 12.2. The molecule has 1 N–H and O–H groups in total. The van der Waals surface area contributed by atoms with E-state index >= 15 is 0 Å². The van der Waals surface area contributed by atoms with Gasteiger partial charge in [-0.15, -0.1) is 0 Å². The molecule has 0 aromatic heterocycles. The van der Waals surface area contributed by atoms with Crippen molar-refractivity contribution in [3.8, 4) is 5.75 Å².